The van der Waals surface area contributed by atoms with E-state index in [9.17, 15) is 10.1 Å². The van der Waals surface area contributed by atoms with Gasteiger partial charge in [-0.15, -0.1) is 0 Å². The molecule has 1 aliphatic rings. The maximum atomic E-state index is 11.3. The fraction of sp³-hybridized carbons (Fsp3) is 0.800. The lowest BCUT2D eigenvalue weighted by molar-refractivity contribution is -0.384. The van der Waals surface area contributed by atoms with Gasteiger partial charge in [-0.25, -0.2) is 4.68 Å². The quantitative estimate of drug-likeness (QED) is 0.663. The van der Waals surface area contributed by atoms with E-state index >= 15 is 0 Å². The van der Waals surface area contributed by atoms with Crippen LogP contribution >= 0.6 is 0 Å². The van der Waals surface area contributed by atoms with Crippen molar-refractivity contribution in [1.29, 1.82) is 0 Å². The van der Waals surface area contributed by atoms with Gasteiger partial charge in [0.25, 0.3) is 0 Å². The predicted octanol–water partition coefficient (Wildman–Crippen LogP) is 3.75. The second-order valence-electron chi connectivity index (χ2n) is 6.52. The average molecular weight is 294 g/mol. The third kappa shape index (κ3) is 3.54. The summed E-state index contributed by atoms with van der Waals surface area (Å²) in [6.07, 6.45) is 4.29. The summed E-state index contributed by atoms with van der Waals surface area (Å²) in [5.41, 5.74) is 0.627. The van der Waals surface area contributed by atoms with E-state index in [1.807, 2.05) is 0 Å². The Labute approximate surface area is 126 Å². The Hall–Kier alpha value is -1.59. The van der Waals surface area contributed by atoms with Crippen LogP contribution in [0.25, 0.3) is 0 Å². The summed E-state index contributed by atoms with van der Waals surface area (Å²) in [4.78, 5) is 11.0. The van der Waals surface area contributed by atoms with E-state index < -0.39 is 0 Å². The summed E-state index contributed by atoms with van der Waals surface area (Å²) >= 11 is 0. The van der Waals surface area contributed by atoms with Gasteiger partial charge in [-0.1, -0.05) is 20.8 Å². The molecule has 21 heavy (non-hydrogen) atoms. The second-order valence-corrected chi connectivity index (χ2v) is 6.52. The first-order valence-corrected chi connectivity index (χ1v) is 7.90. The molecular weight excluding hydrogens is 268 g/mol. The maximum Gasteiger partial charge on any atom is 0.333 e. The van der Waals surface area contributed by atoms with Gasteiger partial charge in [-0.05, 0) is 44.4 Å². The second kappa shape index (κ2) is 6.45. The molecule has 1 aliphatic carbocycles. The Morgan fingerprint density at radius 2 is 1.95 bits per heavy atom. The number of hydrogen-bond donors (Lipinski definition) is 1. The highest BCUT2D eigenvalue weighted by atomic mass is 16.6. The first kappa shape index (κ1) is 15.8. The van der Waals surface area contributed by atoms with Gasteiger partial charge in [0.15, 0.2) is 0 Å². The van der Waals surface area contributed by atoms with Crippen molar-refractivity contribution in [2.45, 2.75) is 66.0 Å². The van der Waals surface area contributed by atoms with Crippen molar-refractivity contribution < 1.29 is 4.92 Å². The van der Waals surface area contributed by atoms with Crippen LogP contribution in [0.2, 0.25) is 0 Å². The summed E-state index contributed by atoms with van der Waals surface area (Å²) < 4.78 is 1.76. The molecule has 118 valence electrons. The summed E-state index contributed by atoms with van der Waals surface area (Å²) in [6.45, 7) is 8.98. The third-order valence-electron chi connectivity index (χ3n) is 4.23. The molecule has 1 fully saturated rings. The van der Waals surface area contributed by atoms with E-state index in [0.29, 0.717) is 35.9 Å². The van der Waals surface area contributed by atoms with Gasteiger partial charge in [-0.2, -0.15) is 5.10 Å². The van der Waals surface area contributed by atoms with Crippen LogP contribution in [-0.4, -0.2) is 20.7 Å². The van der Waals surface area contributed by atoms with Crippen molar-refractivity contribution in [3.8, 4) is 0 Å². The van der Waals surface area contributed by atoms with E-state index in [-0.39, 0.29) is 10.6 Å². The topological polar surface area (TPSA) is 73.0 Å². The van der Waals surface area contributed by atoms with E-state index in [1.165, 1.54) is 6.42 Å². The zero-order chi connectivity index (χ0) is 15.6. The zero-order valence-corrected chi connectivity index (χ0v) is 13.4. The van der Waals surface area contributed by atoms with Crippen molar-refractivity contribution in [2.24, 2.45) is 11.8 Å². The molecule has 1 heterocycles. The van der Waals surface area contributed by atoms with Crippen molar-refractivity contribution in [3.63, 3.8) is 0 Å². The van der Waals surface area contributed by atoms with Crippen molar-refractivity contribution in [2.75, 3.05) is 5.32 Å². The van der Waals surface area contributed by atoms with Gasteiger partial charge in [-0.3, -0.25) is 10.1 Å². The Morgan fingerprint density at radius 3 is 2.48 bits per heavy atom. The van der Waals surface area contributed by atoms with Gasteiger partial charge < -0.3 is 5.32 Å². The Morgan fingerprint density at radius 1 is 1.33 bits per heavy atom. The lowest BCUT2D eigenvalue weighted by Crippen LogP contribution is -2.31. The smallest absolute Gasteiger partial charge is 0.333 e. The molecule has 1 saturated carbocycles. The number of hydrogen-bond acceptors (Lipinski definition) is 4. The van der Waals surface area contributed by atoms with Crippen molar-refractivity contribution >= 4 is 11.5 Å². The highest BCUT2D eigenvalue weighted by Gasteiger charge is 2.30. The molecule has 1 aromatic rings. The van der Waals surface area contributed by atoms with Crippen LogP contribution in [0.3, 0.4) is 0 Å². The van der Waals surface area contributed by atoms with Crippen molar-refractivity contribution in [1.82, 2.24) is 9.78 Å². The molecule has 1 aromatic heterocycles. The van der Waals surface area contributed by atoms with E-state index in [0.717, 1.165) is 19.3 Å². The van der Waals surface area contributed by atoms with E-state index in [4.69, 9.17) is 0 Å². The number of rotatable bonds is 5. The summed E-state index contributed by atoms with van der Waals surface area (Å²) in [6, 6.07) is 0.300. The number of anilines is 1. The van der Waals surface area contributed by atoms with Gasteiger partial charge in [0.05, 0.1) is 4.92 Å². The molecule has 1 N–H and O–H groups in total. The number of aromatic nitrogens is 2. The fourth-order valence-corrected chi connectivity index (χ4v) is 3.57. The minimum atomic E-state index is -0.313. The minimum Gasteiger partial charge on any atom is -0.362 e. The predicted molar refractivity (Wildman–Crippen MR) is 83.5 cm³/mol. The van der Waals surface area contributed by atoms with Gasteiger partial charge in [0.1, 0.15) is 5.69 Å². The Bertz CT molecular complexity index is 502. The fourth-order valence-electron chi connectivity index (χ4n) is 3.57. The average Bonchev–Trinajstić information content (AvgIpc) is 2.64. The maximum absolute atomic E-state index is 11.3. The van der Waals surface area contributed by atoms with E-state index in [2.05, 4.69) is 31.2 Å². The van der Waals surface area contributed by atoms with Gasteiger partial charge in [0.2, 0.25) is 5.82 Å². The molecule has 2 unspecified atom stereocenters. The first-order valence-electron chi connectivity index (χ1n) is 7.90. The molecule has 0 aliphatic heterocycles. The Balaban J connectivity index is 2.26. The summed E-state index contributed by atoms with van der Waals surface area (Å²) in [5, 5.41) is 19.1. The van der Waals surface area contributed by atoms with Gasteiger partial charge >= 0.3 is 5.69 Å². The molecule has 2 atom stereocenters. The summed E-state index contributed by atoms with van der Waals surface area (Å²) in [5.74, 6) is 1.91. The van der Waals surface area contributed by atoms with Crippen LogP contribution in [0.5, 0.6) is 0 Å². The van der Waals surface area contributed by atoms with Crippen LogP contribution in [0.4, 0.5) is 11.5 Å². The number of aryl methyl sites for hydroxylation is 2. The van der Waals surface area contributed by atoms with Gasteiger partial charge in [0, 0.05) is 12.6 Å². The first-order chi connectivity index (χ1) is 9.92. The molecule has 2 rings (SSSR count). The standard InChI is InChI=1S/C15H26N4O2/c1-5-6-18-15(14(19(20)21)12(4)17-18)16-13-8-10(2)7-11(3)9-13/h10-11,13,16H,5-9H2,1-4H3. The molecular formula is C15H26N4O2. The van der Waals surface area contributed by atoms with Crippen LogP contribution in [0.15, 0.2) is 0 Å². The largest absolute Gasteiger partial charge is 0.362 e. The number of nitrogens with zero attached hydrogens (tertiary/aromatic N) is 3. The van der Waals surface area contributed by atoms with Crippen LogP contribution in [0, 0.1) is 28.9 Å². The molecule has 6 heteroatoms. The highest BCUT2D eigenvalue weighted by molar-refractivity contribution is 5.60. The SMILES string of the molecule is CCCn1nc(C)c([N+](=O)[O-])c1NC1CC(C)CC(C)C1. The van der Waals surface area contributed by atoms with Crippen LogP contribution in [0.1, 0.15) is 52.1 Å². The summed E-state index contributed by atoms with van der Waals surface area (Å²) in [7, 11) is 0. The number of nitrogens with one attached hydrogen (secondary N) is 1. The Kier molecular flexibility index (Phi) is 4.85. The van der Waals surface area contributed by atoms with Crippen LogP contribution in [-0.2, 0) is 6.54 Å². The highest BCUT2D eigenvalue weighted by Crippen LogP contribution is 2.34. The van der Waals surface area contributed by atoms with Crippen LogP contribution < -0.4 is 5.32 Å². The molecule has 0 spiro atoms. The van der Waals surface area contributed by atoms with E-state index in [1.54, 1.807) is 11.6 Å². The molecule has 6 nitrogen and oxygen atoms in total. The third-order valence-corrected chi connectivity index (χ3v) is 4.23. The molecule has 0 amide bonds. The lowest BCUT2D eigenvalue weighted by atomic mass is 9.80. The molecule has 0 aromatic carbocycles. The molecule has 0 bridgehead atoms. The minimum absolute atomic E-state index is 0.134. The number of nitro groups is 1. The zero-order valence-electron chi connectivity index (χ0n) is 13.4. The molecule has 0 saturated heterocycles. The lowest BCUT2D eigenvalue weighted by Gasteiger charge is -2.32. The molecule has 0 radical (unpaired) electrons. The van der Waals surface area contributed by atoms with Crippen molar-refractivity contribution in [3.05, 3.63) is 15.8 Å². The monoisotopic (exact) mass is 294 g/mol. The normalized spacial score (nSPS) is 25.8.